The lowest BCUT2D eigenvalue weighted by atomic mass is 10.3. The van der Waals surface area contributed by atoms with Gasteiger partial charge in [-0.2, -0.15) is 0 Å². The second-order valence-electron chi connectivity index (χ2n) is 2.46. The molecule has 0 radical (unpaired) electrons. The minimum atomic E-state index is 0.162. The Kier molecular flexibility index (Phi) is 0.904. The zero-order chi connectivity index (χ0) is 6.27. The van der Waals surface area contributed by atoms with E-state index in [9.17, 15) is 0 Å². The Hall–Kier alpha value is -0.760. The van der Waals surface area contributed by atoms with E-state index in [0.29, 0.717) is 0 Å². The fourth-order valence-corrected chi connectivity index (χ4v) is 1.32. The fourth-order valence-electron chi connectivity index (χ4n) is 1.32. The Bertz CT molecular complexity index is 216. The summed E-state index contributed by atoms with van der Waals surface area (Å²) in [6, 6.07) is 2.16. The van der Waals surface area contributed by atoms with Crippen LogP contribution in [0.4, 0.5) is 0 Å². The molecule has 0 aliphatic heterocycles. The summed E-state index contributed by atoms with van der Waals surface area (Å²) in [5, 5.41) is 0. The maximum Gasteiger partial charge on any atom is 0.123 e. The summed E-state index contributed by atoms with van der Waals surface area (Å²) in [4.78, 5) is 0. The number of aryl methyl sites for hydroxylation is 1. The number of rotatable bonds is 0. The molecular formula is C7H9NO. The molecule has 2 N–H and O–H groups in total. The molecule has 9 heavy (non-hydrogen) atoms. The largest absolute Gasteiger partial charge is 0.467 e. The molecule has 0 bridgehead atoms. The molecule has 0 fully saturated rings. The van der Waals surface area contributed by atoms with E-state index in [1.165, 1.54) is 5.56 Å². The van der Waals surface area contributed by atoms with Gasteiger partial charge in [0.2, 0.25) is 0 Å². The summed E-state index contributed by atoms with van der Waals surface area (Å²) >= 11 is 0. The Morgan fingerprint density at radius 1 is 1.67 bits per heavy atom. The monoisotopic (exact) mass is 123 g/mol. The number of nitrogens with two attached hydrogens (primary N) is 1. The van der Waals surface area contributed by atoms with Crippen LogP contribution in [-0.4, -0.2) is 0 Å². The summed E-state index contributed by atoms with van der Waals surface area (Å²) in [7, 11) is 0. The molecule has 0 aromatic carbocycles. The Morgan fingerprint density at radius 2 is 2.56 bits per heavy atom. The molecule has 1 unspecified atom stereocenters. The van der Waals surface area contributed by atoms with Gasteiger partial charge in [0.15, 0.2) is 0 Å². The van der Waals surface area contributed by atoms with Gasteiger partial charge in [-0.25, -0.2) is 0 Å². The third-order valence-corrected chi connectivity index (χ3v) is 1.84. The van der Waals surface area contributed by atoms with Gasteiger partial charge in [-0.1, -0.05) is 0 Å². The molecule has 1 heterocycles. The van der Waals surface area contributed by atoms with Crippen LogP contribution >= 0.6 is 0 Å². The van der Waals surface area contributed by atoms with Gasteiger partial charge in [-0.05, 0) is 24.5 Å². The van der Waals surface area contributed by atoms with E-state index in [1.54, 1.807) is 6.26 Å². The van der Waals surface area contributed by atoms with E-state index in [0.717, 1.165) is 18.6 Å². The Labute approximate surface area is 53.7 Å². The van der Waals surface area contributed by atoms with E-state index in [1.807, 2.05) is 6.07 Å². The summed E-state index contributed by atoms with van der Waals surface area (Å²) in [6.45, 7) is 0. The first-order valence-electron chi connectivity index (χ1n) is 3.20. The number of furan rings is 1. The molecule has 1 aliphatic rings. The lowest BCUT2D eigenvalue weighted by Crippen LogP contribution is -2.03. The first-order chi connectivity index (χ1) is 4.38. The summed E-state index contributed by atoms with van der Waals surface area (Å²) in [6.07, 6.45) is 3.85. The molecule has 1 aromatic rings. The SMILES string of the molecule is NC1CCc2ccoc21. The molecule has 2 rings (SSSR count). The van der Waals surface area contributed by atoms with Gasteiger partial charge in [0.1, 0.15) is 5.76 Å². The second kappa shape index (κ2) is 1.61. The number of hydrogen-bond acceptors (Lipinski definition) is 2. The second-order valence-corrected chi connectivity index (χ2v) is 2.46. The smallest absolute Gasteiger partial charge is 0.123 e. The van der Waals surface area contributed by atoms with Gasteiger partial charge in [-0.3, -0.25) is 0 Å². The fraction of sp³-hybridized carbons (Fsp3) is 0.429. The predicted molar refractivity (Wildman–Crippen MR) is 34.0 cm³/mol. The molecule has 1 aromatic heterocycles. The minimum absolute atomic E-state index is 0.162. The molecule has 0 amide bonds. The quantitative estimate of drug-likeness (QED) is 0.563. The van der Waals surface area contributed by atoms with Crippen LogP contribution < -0.4 is 5.73 Å². The molecule has 0 saturated carbocycles. The molecular weight excluding hydrogens is 114 g/mol. The molecule has 48 valence electrons. The maximum absolute atomic E-state index is 5.70. The van der Waals surface area contributed by atoms with Crippen LogP contribution in [-0.2, 0) is 6.42 Å². The normalized spacial score (nSPS) is 24.3. The van der Waals surface area contributed by atoms with Crippen LogP contribution in [0.1, 0.15) is 23.8 Å². The van der Waals surface area contributed by atoms with Crippen molar-refractivity contribution < 1.29 is 4.42 Å². The third-order valence-electron chi connectivity index (χ3n) is 1.84. The van der Waals surface area contributed by atoms with Crippen LogP contribution in [0.2, 0.25) is 0 Å². The van der Waals surface area contributed by atoms with Gasteiger partial charge < -0.3 is 10.2 Å². The minimum Gasteiger partial charge on any atom is -0.467 e. The van der Waals surface area contributed by atoms with Crippen molar-refractivity contribution in [3.63, 3.8) is 0 Å². The molecule has 1 atom stereocenters. The zero-order valence-corrected chi connectivity index (χ0v) is 5.13. The van der Waals surface area contributed by atoms with Crippen molar-refractivity contribution in [3.05, 3.63) is 23.7 Å². The molecule has 2 heteroatoms. The Morgan fingerprint density at radius 3 is 3.33 bits per heavy atom. The molecule has 1 aliphatic carbocycles. The molecule has 2 nitrogen and oxygen atoms in total. The zero-order valence-electron chi connectivity index (χ0n) is 5.13. The van der Waals surface area contributed by atoms with Crippen LogP contribution in [0.3, 0.4) is 0 Å². The summed E-state index contributed by atoms with van der Waals surface area (Å²) in [5.41, 5.74) is 6.99. The van der Waals surface area contributed by atoms with E-state index in [-0.39, 0.29) is 6.04 Å². The van der Waals surface area contributed by atoms with Crippen molar-refractivity contribution >= 4 is 0 Å². The Balaban J connectivity index is 2.49. The van der Waals surface area contributed by atoms with Gasteiger partial charge in [0.05, 0.1) is 12.3 Å². The predicted octanol–water partition coefficient (Wildman–Crippen LogP) is 1.23. The highest BCUT2D eigenvalue weighted by molar-refractivity contribution is 5.24. The van der Waals surface area contributed by atoms with Crippen LogP contribution in [0, 0.1) is 0 Å². The highest BCUT2D eigenvalue weighted by Crippen LogP contribution is 2.29. The number of fused-ring (bicyclic) bond motifs is 1. The summed E-state index contributed by atoms with van der Waals surface area (Å²) in [5.74, 6) is 0.995. The van der Waals surface area contributed by atoms with Gasteiger partial charge in [-0.15, -0.1) is 0 Å². The van der Waals surface area contributed by atoms with E-state index >= 15 is 0 Å². The molecule has 0 saturated heterocycles. The van der Waals surface area contributed by atoms with Crippen LogP contribution in [0.15, 0.2) is 16.7 Å². The van der Waals surface area contributed by atoms with Crippen LogP contribution in [0.25, 0.3) is 0 Å². The van der Waals surface area contributed by atoms with Crippen molar-refractivity contribution in [3.8, 4) is 0 Å². The van der Waals surface area contributed by atoms with E-state index in [2.05, 4.69) is 0 Å². The topological polar surface area (TPSA) is 39.2 Å². The average molecular weight is 123 g/mol. The number of hydrogen-bond donors (Lipinski definition) is 1. The van der Waals surface area contributed by atoms with Crippen molar-refractivity contribution in [2.75, 3.05) is 0 Å². The van der Waals surface area contributed by atoms with Gasteiger partial charge in [0, 0.05) is 0 Å². The lowest BCUT2D eigenvalue weighted by molar-refractivity contribution is 0.474. The van der Waals surface area contributed by atoms with Gasteiger partial charge >= 0.3 is 0 Å². The molecule has 0 spiro atoms. The summed E-state index contributed by atoms with van der Waals surface area (Å²) < 4.78 is 5.16. The highest BCUT2D eigenvalue weighted by Gasteiger charge is 2.21. The van der Waals surface area contributed by atoms with E-state index in [4.69, 9.17) is 10.2 Å². The van der Waals surface area contributed by atoms with Crippen LogP contribution in [0.5, 0.6) is 0 Å². The van der Waals surface area contributed by atoms with Gasteiger partial charge in [0.25, 0.3) is 0 Å². The van der Waals surface area contributed by atoms with Crippen molar-refractivity contribution in [1.29, 1.82) is 0 Å². The van der Waals surface area contributed by atoms with Crippen molar-refractivity contribution in [2.45, 2.75) is 18.9 Å². The third kappa shape index (κ3) is 0.598. The first kappa shape index (κ1) is 5.06. The van der Waals surface area contributed by atoms with E-state index < -0.39 is 0 Å². The highest BCUT2D eigenvalue weighted by atomic mass is 16.3. The maximum atomic E-state index is 5.70. The van der Waals surface area contributed by atoms with Crippen molar-refractivity contribution in [2.24, 2.45) is 5.73 Å². The average Bonchev–Trinajstić information content (AvgIpc) is 2.35. The standard InChI is InChI=1S/C7H9NO/c8-6-2-1-5-3-4-9-7(5)6/h3-4,6H,1-2,8H2. The lowest BCUT2D eigenvalue weighted by Gasteiger charge is -1.96. The van der Waals surface area contributed by atoms with Crippen molar-refractivity contribution in [1.82, 2.24) is 0 Å². The first-order valence-corrected chi connectivity index (χ1v) is 3.20.